The second-order valence-electron chi connectivity index (χ2n) is 19.6. The number of piperazine rings is 1. The number of primary amides is 1. The molecule has 6 aromatic rings. The van der Waals surface area contributed by atoms with Gasteiger partial charge in [-0.1, -0.05) is 90.7 Å². The molecule has 11 rings (SSSR count). The molecule has 0 bridgehead atoms. The molecule has 0 radical (unpaired) electrons. The molecule has 0 aromatic heterocycles. The van der Waals surface area contributed by atoms with E-state index in [0.717, 1.165) is 10.5 Å². The number of nitrogens with zero attached hydrogens (tertiary/aromatic N) is 5. The van der Waals surface area contributed by atoms with Crippen LogP contribution in [0.25, 0.3) is 0 Å². The Bertz CT molecular complexity index is 3380. The third-order valence-corrected chi connectivity index (χ3v) is 15.1. The molecule has 4 N–H and O–H groups in total. The number of carbonyl (C=O) groups excluding carboxylic acids is 5. The molecule has 5 aliphatic rings. The van der Waals surface area contributed by atoms with Gasteiger partial charge >= 0.3 is 18.1 Å². The number of non-ortho nitro benzene ring substituents is 1. The molecule has 20 nitrogen and oxygen atoms in total. The van der Waals surface area contributed by atoms with E-state index in [0.29, 0.717) is 64.7 Å². The standard InChI is InChI=1S/C59H53N7O13/c60-57(71)61-25-7-8-37-15-23-46-45(32-37)59(56(70)64(46)58(72)76-35-38-13-19-43(20-14-38)66(73)74)49(54(68)63-28-26-62(27-29-63)34-39-16-24-47-48(33-39)78-36-77-47)51-55(69)79-52(41-11-5-2-6-12-41)50(40-9-3-1-4-10-40)65(51)53(59)42-17-21-44(22-18-42)75-31-30-67/h1-6,9-24,32-33,49-53,67H,25-31,34-36H2,(H3,60,61,71). The molecule has 20 heteroatoms. The third kappa shape index (κ3) is 9.79. The number of esters is 1. The molecule has 5 amide bonds. The van der Waals surface area contributed by atoms with Crippen molar-refractivity contribution >= 4 is 41.3 Å². The number of nitrogens with two attached hydrogens (primary N) is 1. The predicted octanol–water partition coefficient (Wildman–Crippen LogP) is 6.06. The van der Waals surface area contributed by atoms with Gasteiger partial charge in [-0.05, 0) is 88.0 Å². The Balaban J connectivity index is 1.10. The van der Waals surface area contributed by atoms with E-state index in [9.17, 15) is 20.0 Å². The van der Waals surface area contributed by atoms with Gasteiger partial charge in [-0.25, -0.2) is 14.5 Å². The Kier molecular flexibility index (Phi) is 14.4. The number of imide groups is 1. The summed E-state index contributed by atoms with van der Waals surface area (Å²) < 4.78 is 29.6. The number of nitro benzene ring substituents is 1. The lowest BCUT2D eigenvalue weighted by molar-refractivity contribution is -0.384. The van der Waals surface area contributed by atoms with Crippen molar-refractivity contribution in [3.63, 3.8) is 0 Å². The van der Waals surface area contributed by atoms with Crippen molar-refractivity contribution in [1.82, 2.24) is 20.0 Å². The fourth-order valence-corrected chi connectivity index (χ4v) is 11.7. The molecule has 5 aliphatic heterocycles. The lowest BCUT2D eigenvalue weighted by Gasteiger charge is -2.46. The highest BCUT2D eigenvalue weighted by molar-refractivity contribution is 6.23. The highest BCUT2D eigenvalue weighted by Crippen LogP contribution is 2.66. The fourth-order valence-electron chi connectivity index (χ4n) is 11.7. The quantitative estimate of drug-likeness (QED) is 0.0515. The second kappa shape index (κ2) is 22.0. The van der Waals surface area contributed by atoms with Crippen LogP contribution in [0.4, 0.5) is 21.0 Å². The van der Waals surface area contributed by atoms with Crippen LogP contribution in [0.5, 0.6) is 17.2 Å². The summed E-state index contributed by atoms with van der Waals surface area (Å²) in [6.07, 6.45) is -2.10. The van der Waals surface area contributed by atoms with Crippen LogP contribution in [0.3, 0.4) is 0 Å². The monoisotopic (exact) mass is 1070 g/mol. The molecule has 6 atom stereocenters. The number of hydrogen-bond donors (Lipinski definition) is 3. The summed E-state index contributed by atoms with van der Waals surface area (Å²) in [6, 6.07) is 37.0. The highest BCUT2D eigenvalue weighted by atomic mass is 16.7. The minimum atomic E-state index is -2.15. The fraction of sp³-hybridized carbons (Fsp3) is 0.271. The first-order valence-electron chi connectivity index (χ1n) is 25.7. The van der Waals surface area contributed by atoms with Crippen LogP contribution in [-0.2, 0) is 42.4 Å². The molecule has 0 aliphatic carbocycles. The number of anilines is 1. The molecule has 79 heavy (non-hydrogen) atoms. The number of ether oxygens (including phenoxy) is 5. The third-order valence-electron chi connectivity index (χ3n) is 15.1. The van der Waals surface area contributed by atoms with Gasteiger partial charge in [0.05, 0.1) is 41.8 Å². The topological polar surface area (TPSA) is 246 Å². The minimum absolute atomic E-state index is 0.0102. The summed E-state index contributed by atoms with van der Waals surface area (Å²) in [4.78, 5) is 93.3. The number of rotatable bonds is 13. The van der Waals surface area contributed by atoms with Gasteiger partial charge in [-0.2, -0.15) is 0 Å². The number of aliphatic hydroxyl groups is 1. The molecule has 1 spiro atoms. The number of hydrogen-bond acceptors (Lipinski definition) is 15. The number of urea groups is 1. The van der Waals surface area contributed by atoms with Crippen LogP contribution in [-0.4, -0.2) is 113 Å². The van der Waals surface area contributed by atoms with Crippen LogP contribution in [0, 0.1) is 27.9 Å². The molecule has 5 heterocycles. The number of benzene rings is 6. The summed E-state index contributed by atoms with van der Waals surface area (Å²) in [5, 5.41) is 23.6. The number of nitrogens with one attached hydrogen (secondary N) is 1. The molecule has 3 saturated heterocycles. The van der Waals surface area contributed by atoms with Gasteiger partial charge in [0.1, 0.15) is 36.5 Å². The van der Waals surface area contributed by atoms with Crippen LogP contribution in [0.2, 0.25) is 0 Å². The normalized spacial score (nSPS) is 22.1. The van der Waals surface area contributed by atoms with Crippen molar-refractivity contribution < 1.29 is 57.7 Å². The van der Waals surface area contributed by atoms with Crippen molar-refractivity contribution in [3.8, 4) is 29.1 Å². The molecule has 402 valence electrons. The van der Waals surface area contributed by atoms with Gasteiger partial charge in [0.15, 0.2) is 11.5 Å². The molecular weight excluding hydrogens is 1010 g/mol. The van der Waals surface area contributed by atoms with E-state index < -0.39 is 77.0 Å². The maximum atomic E-state index is 16.8. The first-order chi connectivity index (χ1) is 38.4. The summed E-state index contributed by atoms with van der Waals surface area (Å²) in [5.41, 5.74) is 6.80. The van der Waals surface area contributed by atoms with Crippen molar-refractivity contribution in [3.05, 3.63) is 195 Å². The van der Waals surface area contributed by atoms with E-state index in [1.54, 1.807) is 41.3 Å². The van der Waals surface area contributed by atoms with Gasteiger partial charge in [-0.3, -0.25) is 34.3 Å². The van der Waals surface area contributed by atoms with E-state index in [4.69, 9.17) is 29.4 Å². The lowest BCUT2D eigenvalue weighted by atomic mass is 9.65. The SMILES string of the molecule is NC(=O)NCC#Cc1ccc2c(c1)C1(C(=O)N2C(=O)OCc2ccc([N+](=O)[O-])cc2)C(C(=O)N2CCN(Cc3ccc4c(c3)OCO4)CC2)C2C(=O)OC(c3ccccc3)C(c3ccccc3)N2C1c1ccc(OCCO)cc1. The molecular formula is C59H53N7O13. The predicted molar refractivity (Wildman–Crippen MR) is 283 cm³/mol. The zero-order chi connectivity index (χ0) is 54.8. The van der Waals surface area contributed by atoms with Gasteiger partial charge < -0.3 is 44.7 Å². The Morgan fingerprint density at radius 2 is 1.49 bits per heavy atom. The zero-order valence-electron chi connectivity index (χ0n) is 42.5. The molecule has 0 saturated carbocycles. The lowest BCUT2D eigenvalue weighted by Crippen LogP contribution is -2.59. The Labute approximate surface area is 453 Å². The first-order valence-corrected chi connectivity index (χ1v) is 25.7. The summed E-state index contributed by atoms with van der Waals surface area (Å²) in [5.74, 6) is 3.87. The minimum Gasteiger partial charge on any atom is -0.491 e. The van der Waals surface area contributed by atoms with Gasteiger partial charge in [0, 0.05) is 50.4 Å². The summed E-state index contributed by atoms with van der Waals surface area (Å²) >= 11 is 0. The number of fused-ring (bicyclic) bond motifs is 4. The number of amides is 5. The number of nitro groups is 1. The molecule has 6 unspecified atom stereocenters. The Morgan fingerprint density at radius 3 is 2.19 bits per heavy atom. The van der Waals surface area contributed by atoms with Gasteiger partial charge in [0.25, 0.3) is 5.69 Å². The van der Waals surface area contributed by atoms with Gasteiger partial charge in [0.2, 0.25) is 18.6 Å². The number of carbonyl (C=O) groups is 5. The maximum absolute atomic E-state index is 16.8. The van der Waals surface area contributed by atoms with Crippen molar-refractivity contribution in [2.75, 3.05) is 57.6 Å². The second-order valence-corrected chi connectivity index (χ2v) is 19.6. The number of cyclic esters (lactones) is 1. The average Bonchev–Trinajstić information content (AvgIpc) is 4.16. The molecule has 6 aromatic carbocycles. The van der Waals surface area contributed by atoms with Gasteiger partial charge in [-0.15, -0.1) is 0 Å². The van der Waals surface area contributed by atoms with Crippen LogP contribution in [0.1, 0.15) is 57.1 Å². The van der Waals surface area contributed by atoms with E-state index in [1.165, 1.54) is 30.3 Å². The largest absolute Gasteiger partial charge is 0.491 e. The van der Waals surface area contributed by atoms with Crippen molar-refractivity contribution in [2.24, 2.45) is 11.7 Å². The van der Waals surface area contributed by atoms with E-state index >= 15 is 19.2 Å². The van der Waals surface area contributed by atoms with Crippen LogP contribution in [0.15, 0.2) is 146 Å². The Hall–Kier alpha value is -9.29. The van der Waals surface area contributed by atoms with Crippen molar-refractivity contribution in [1.29, 1.82) is 0 Å². The van der Waals surface area contributed by atoms with E-state index in [-0.39, 0.29) is 56.6 Å². The summed E-state index contributed by atoms with van der Waals surface area (Å²) in [7, 11) is 0. The maximum Gasteiger partial charge on any atom is 0.421 e. The van der Waals surface area contributed by atoms with Crippen LogP contribution < -0.4 is 30.2 Å². The smallest absolute Gasteiger partial charge is 0.421 e. The molecule has 3 fully saturated rings. The summed E-state index contributed by atoms with van der Waals surface area (Å²) in [6.45, 7) is 1.13. The van der Waals surface area contributed by atoms with E-state index in [2.05, 4.69) is 22.1 Å². The highest BCUT2D eigenvalue weighted by Gasteiger charge is 2.76. The average molecular weight is 1070 g/mol. The van der Waals surface area contributed by atoms with Crippen LogP contribution >= 0.6 is 0 Å². The number of morpholine rings is 1. The Morgan fingerprint density at radius 1 is 0.797 bits per heavy atom. The van der Waals surface area contributed by atoms with E-state index in [1.807, 2.05) is 83.8 Å². The van der Waals surface area contributed by atoms with Crippen molar-refractivity contribution in [2.45, 2.75) is 42.8 Å². The zero-order valence-corrected chi connectivity index (χ0v) is 42.5. The number of aliphatic hydroxyl groups excluding tert-OH is 1. The first kappa shape index (κ1) is 51.8.